The van der Waals surface area contributed by atoms with Crippen LogP contribution in [0.5, 0.6) is 0 Å². The Morgan fingerprint density at radius 2 is 1.69 bits per heavy atom. The summed E-state index contributed by atoms with van der Waals surface area (Å²) in [7, 11) is 0. The molecule has 84 valence electrons. The number of fused-ring (bicyclic) bond motifs is 1. The van der Waals surface area contributed by atoms with Gasteiger partial charge in [-0.15, -0.1) is 5.06 Å². The summed E-state index contributed by atoms with van der Waals surface area (Å²) in [6.45, 7) is 2.15. The van der Waals surface area contributed by atoms with Crippen LogP contribution in [0.3, 0.4) is 0 Å². The Labute approximate surface area is 92.5 Å². The summed E-state index contributed by atoms with van der Waals surface area (Å²) in [5, 5.41) is 0.736. The van der Waals surface area contributed by atoms with E-state index in [0.29, 0.717) is 17.7 Å². The van der Waals surface area contributed by atoms with Crippen molar-refractivity contribution in [2.24, 2.45) is 0 Å². The molecule has 2 amide bonds. The molecule has 1 heterocycles. The van der Waals surface area contributed by atoms with Gasteiger partial charge in [0.05, 0.1) is 11.1 Å². The van der Waals surface area contributed by atoms with Crippen molar-refractivity contribution in [1.29, 1.82) is 0 Å². The molecule has 0 spiro atoms. The van der Waals surface area contributed by atoms with Gasteiger partial charge in [-0.2, -0.15) is 0 Å². The van der Waals surface area contributed by atoms with Crippen LogP contribution in [0.2, 0.25) is 0 Å². The molecule has 1 aromatic carbocycles. The van der Waals surface area contributed by atoms with Gasteiger partial charge < -0.3 is 4.74 Å². The zero-order chi connectivity index (χ0) is 11.5. The van der Waals surface area contributed by atoms with E-state index in [1.807, 2.05) is 0 Å². The number of carbonyl (C=O) groups is 2. The van der Waals surface area contributed by atoms with Crippen LogP contribution in [0.4, 0.5) is 0 Å². The van der Waals surface area contributed by atoms with Gasteiger partial charge in [-0.3, -0.25) is 9.59 Å². The largest absolute Gasteiger partial charge is 0.353 e. The number of hydrogen-bond acceptors (Lipinski definition) is 4. The van der Waals surface area contributed by atoms with Crippen molar-refractivity contribution in [1.82, 2.24) is 5.06 Å². The minimum atomic E-state index is -0.444. The molecule has 2 rings (SSSR count). The van der Waals surface area contributed by atoms with Gasteiger partial charge in [0.25, 0.3) is 11.8 Å². The van der Waals surface area contributed by atoms with Crippen LogP contribution in [0.1, 0.15) is 27.6 Å². The molecule has 0 fully saturated rings. The van der Waals surface area contributed by atoms with Crippen LogP contribution in [0, 0.1) is 0 Å². The van der Waals surface area contributed by atoms with Crippen molar-refractivity contribution < 1.29 is 19.2 Å². The van der Waals surface area contributed by atoms with E-state index in [9.17, 15) is 9.59 Å². The first kappa shape index (κ1) is 10.8. The number of carbonyl (C=O) groups excluding carboxylic acids is 2. The molecule has 5 heteroatoms. The second-order valence-electron chi connectivity index (χ2n) is 3.19. The standard InChI is InChI=1S/C11H11NO4/c1-2-15-7-16-12-10(13)8-5-3-4-6-9(8)11(12)14/h3-6H,2,7H2,1H3. The van der Waals surface area contributed by atoms with Crippen LogP contribution >= 0.6 is 0 Å². The molecule has 1 aliphatic heterocycles. The Morgan fingerprint density at radius 3 is 2.19 bits per heavy atom. The lowest BCUT2D eigenvalue weighted by molar-refractivity contribution is -0.167. The maximum absolute atomic E-state index is 11.7. The Bertz CT molecular complexity index is 395. The van der Waals surface area contributed by atoms with E-state index in [1.54, 1.807) is 31.2 Å². The van der Waals surface area contributed by atoms with Gasteiger partial charge in [-0.05, 0) is 19.1 Å². The lowest BCUT2D eigenvalue weighted by Gasteiger charge is -2.12. The van der Waals surface area contributed by atoms with E-state index in [2.05, 4.69) is 0 Å². The molecular formula is C11H11NO4. The number of amides is 2. The van der Waals surface area contributed by atoms with Gasteiger partial charge in [-0.1, -0.05) is 12.1 Å². The monoisotopic (exact) mass is 221 g/mol. The molecule has 1 aliphatic rings. The summed E-state index contributed by atoms with van der Waals surface area (Å²) in [6.07, 6.45) is 0. The fourth-order valence-corrected chi connectivity index (χ4v) is 1.46. The average Bonchev–Trinajstić information content (AvgIpc) is 2.55. The van der Waals surface area contributed by atoms with Gasteiger partial charge in [-0.25, -0.2) is 4.84 Å². The normalized spacial score (nSPS) is 14.4. The molecule has 0 aliphatic carbocycles. The highest BCUT2D eigenvalue weighted by Crippen LogP contribution is 2.22. The second kappa shape index (κ2) is 4.42. The van der Waals surface area contributed by atoms with E-state index in [1.165, 1.54) is 0 Å². The van der Waals surface area contributed by atoms with Crippen LogP contribution in [0.15, 0.2) is 24.3 Å². The fraction of sp³-hybridized carbons (Fsp3) is 0.273. The Hall–Kier alpha value is -1.72. The summed E-state index contributed by atoms with van der Waals surface area (Å²) in [5.41, 5.74) is 0.730. The predicted molar refractivity (Wildman–Crippen MR) is 54.5 cm³/mol. The highest BCUT2D eigenvalue weighted by molar-refractivity contribution is 6.20. The third kappa shape index (κ3) is 1.70. The zero-order valence-electron chi connectivity index (χ0n) is 8.80. The molecule has 1 aromatic rings. The van der Waals surface area contributed by atoms with Crippen LogP contribution in [-0.4, -0.2) is 30.3 Å². The molecule has 0 radical (unpaired) electrons. The molecule has 0 N–H and O–H groups in total. The zero-order valence-corrected chi connectivity index (χ0v) is 8.80. The molecule has 0 unspecified atom stereocenters. The number of imide groups is 1. The Morgan fingerprint density at radius 1 is 1.12 bits per heavy atom. The minimum absolute atomic E-state index is 0.109. The molecule has 0 aromatic heterocycles. The first-order valence-electron chi connectivity index (χ1n) is 4.94. The first-order chi connectivity index (χ1) is 7.75. The highest BCUT2D eigenvalue weighted by atomic mass is 16.8. The van der Waals surface area contributed by atoms with Gasteiger partial charge in [0.1, 0.15) is 0 Å². The predicted octanol–water partition coefficient (Wildman–Crippen LogP) is 1.21. The third-order valence-corrected chi connectivity index (χ3v) is 2.23. The fourth-order valence-electron chi connectivity index (χ4n) is 1.46. The lowest BCUT2D eigenvalue weighted by atomic mass is 10.1. The quantitative estimate of drug-likeness (QED) is 0.435. The summed E-state index contributed by atoms with van der Waals surface area (Å²) >= 11 is 0. The second-order valence-corrected chi connectivity index (χ2v) is 3.19. The number of ether oxygens (including phenoxy) is 1. The Balaban J connectivity index is 2.15. The van der Waals surface area contributed by atoms with Crippen molar-refractivity contribution in [2.75, 3.05) is 13.4 Å². The van der Waals surface area contributed by atoms with Crippen molar-refractivity contribution in [3.05, 3.63) is 35.4 Å². The highest BCUT2D eigenvalue weighted by Gasteiger charge is 2.36. The first-order valence-corrected chi connectivity index (χ1v) is 4.94. The molecule has 0 atom stereocenters. The smallest absolute Gasteiger partial charge is 0.285 e. The Kier molecular flexibility index (Phi) is 2.98. The molecule has 16 heavy (non-hydrogen) atoms. The summed E-state index contributed by atoms with van der Waals surface area (Å²) in [5.74, 6) is -0.888. The average molecular weight is 221 g/mol. The van der Waals surface area contributed by atoms with Crippen LogP contribution in [0.25, 0.3) is 0 Å². The summed E-state index contributed by atoms with van der Waals surface area (Å²) < 4.78 is 4.92. The summed E-state index contributed by atoms with van der Waals surface area (Å²) in [6, 6.07) is 6.60. The maximum Gasteiger partial charge on any atom is 0.285 e. The van der Waals surface area contributed by atoms with Crippen molar-refractivity contribution in [2.45, 2.75) is 6.92 Å². The molecule has 5 nitrogen and oxygen atoms in total. The van der Waals surface area contributed by atoms with Crippen LogP contribution in [-0.2, 0) is 9.57 Å². The lowest BCUT2D eigenvalue weighted by Crippen LogP contribution is -2.30. The van der Waals surface area contributed by atoms with E-state index < -0.39 is 11.8 Å². The molecule has 0 saturated carbocycles. The van der Waals surface area contributed by atoms with E-state index >= 15 is 0 Å². The number of hydrogen-bond donors (Lipinski definition) is 0. The number of rotatable bonds is 4. The van der Waals surface area contributed by atoms with Crippen LogP contribution < -0.4 is 0 Å². The van der Waals surface area contributed by atoms with Gasteiger partial charge in [0.2, 0.25) is 0 Å². The maximum atomic E-state index is 11.7. The molecular weight excluding hydrogens is 210 g/mol. The van der Waals surface area contributed by atoms with Crippen molar-refractivity contribution in [3.63, 3.8) is 0 Å². The molecule has 0 bridgehead atoms. The van der Waals surface area contributed by atoms with Gasteiger partial charge in [0, 0.05) is 6.61 Å². The van der Waals surface area contributed by atoms with Gasteiger partial charge >= 0.3 is 0 Å². The SMILES string of the molecule is CCOCON1C(=O)c2ccccc2C1=O. The van der Waals surface area contributed by atoms with E-state index in [4.69, 9.17) is 9.57 Å². The number of nitrogens with zero attached hydrogens (tertiary/aromatic N) is 1. The van der Waals surface area contributed by atoms with E-state index in [0.717, 1.165) is 5.06 Å². The number of benzene rings is 1. The van der Waals surface area contributed by atoms with Crippen molar-refractivity contribution >= 4 is 11.8 Å². The van der Waals surface area contributed by atoms with Crippen molar-refractivity contribution in [3.8, 4) is 0 Å². The minimum Gasteiger partial charge on any atom is -0.353 e. The molecule has 0 saturated heterocycles. The number of hydroxylamine groups is 2. The van der Waals surface area contributed by atoms with E-state index in [-0.39, 0.29) is 6.79 Å². The third-order valence-electron chi connectivity index (χ3n) is 2.23. The topological polar surface area (TPSA) is 55.8 Å². The summed E-state index contributed by atoms with van der Waals surface area (Å²) in [4.78, 5) is 28.4. The van der Waals surface area contributed by atoms with Gasteiger partial charge in [0.15, 0.2) is 6.79 Å².